The molecule has 2 aromatic heterocycles. The maximum atomic E-state index is 5.66. The molecule has 150 valence electrons. The first-order valence-corrected chi connectivity index (χ1v) is 10.6. The number of ether oxygens (including phenoxy) is 2. The Kier molecular flexibility index (Phi) is 7.30. The van der Waals surface area contributed by atoms with Crippen molar-refractivity contribution in [1.82, 2.24) is 15.2 Å². The van der Waals surface area contributed by atoms with Gasteiger partial charge in [-0.25, -0.2) is 0 Å². The molecule has 0 bridgehead atoms. The molecule has 28 heavy (non-hydrogen) atoms. The summed E-state index contributed by atoms with van der Waals surface area (Å²) in [7, 11) is 3.40. The lowest BCUT2D eigenvalue weighted by atomic mass is 10.1. The second-order valence-electron chi connectivity index (χ2n) is 6.62. The molecule has 0 amide bonds. The summed E-state index contributed by atoms with van der Waals surface area (Å²) in [6.45, 7) is 5.11. The zero-order valence-electron chi connectivity index (χ0n) is 16.6. The van der Waals surface area contributed by atoms with E-state index in [9.17, 15) is 0 Å². The van der Waals surface area contributed by atoms with E-state index in [0.717, 1.165) is 35.9 Å². The lowest BCUT2D eigenvalue weighted by Gasteiger charge is -2.25. The molecule has 2 N–H and O–H groups in total. The molecule has 0 unspecified atom stereocenters. The van der Waals surface area contributed by atoms with Gasteiger partial charge in [-0.3, -0.25) is 0 Å². The number of hydrogen-bond acceptors (Lipinski definition) is 4. The van der Waals surface area contributed by atoms with Crippen molar-refractivity contribution in [2.75, 3.05) is 33.9 Å². The standard InChI is InChI=1S/C21H27N3O2S2/c1-15-18(19-13-16(26-3)6-7-20(19)23-15)8-10-24(14-17-5-4-12-28-17)21(27)22-9-11-25-2/h4-7,12-13,23H,8-11,14H2,1-3H3,(H,22,27). The zero-order valence-corrected chi connectivity index (χ0v) is 18.2. The summed E-state index contributed by atoms with van der Waals surface area (Å²) in [6, 6.07) is 10.4. The number of aromatic nitrogens is 1. The Hall–Kier alpha value is -2.09. The van der Waals surface area contributed by atoms with E-state index in [0.29, 0.717) is 13.2 Å². The van der Waals surface area contributed by atoms with Crippen molar-refractivity contribution in [1.29, 1.82) is 0 Å². The molecule has 0 radical (unpaired) electrons. The minimum absolute atomic E-state index is 0.633. The number of nitrogens with zero attached hydrogens (tertiary/aromatic N) is 1. The van der Waals surface area contributed by atoms with Crippen LogP contribution in [-0.4, -0.2) is 48.9 Å². The number of thiocarbonyl (C=S) groups is 1. The number of aryl methyl sites for hydroxylation is 1. The third-order valence-electron chi connectivity index (χ3n) is 4.75. The minimum Gasteiger partial charge on any atom is -0.497 e. The summed E-state index contributed by atoms with van der Waals surface area (Å²) >= 11 is 7.42. The molecule has 1 aromatic carbocycles. The van der Waals surface area contributed by atoms with E-state index in [1.807, 2.05) is 6.07 Å². The van der Waals surface area contributed by atoms with Crippen molar-refractivity contribution >= 4 is 39.6 Å². The van der Waals surface area contributed by atoms with E-state index in [2.05, 4.69) is 51.8 Å². The lowest BCUT2D eigenvalue weighted by molar-refractivity contribution is 0.203. The monoisotopic (exact) mass is 417 g/mol. The predicted molar refractivity (Wildman–Crippen MR) is 120 cm³/mol. The molecule has 0 spiro atoms. The van der Waals surface area contributed by atoms with Gasteiger partial charge in [-0.1, -0.05) is 6.07 Å². The number of nitrogens with one attached hydrogen (secondary N) is 2. The highest BCUT2D eigenvalue weighted by molar-refractivity contribution is 7.80. The van der Waals surface area contributed by atoms with Crippen LogP contribution in [0.25, 0.3) is 10.9 Å². The van der Waals surface area contributed by atoms with E-state index >= 15 is 0 Å². The van der Waals surface area contributed by atoms with Crippen molar-refractivity contribution in [3.63, 3.8) is 0 Å². The Bertz CT molecular complexity index is 906. The van der Waals surface area contributed by atoms with E-state index in [1.54, 1.807) is 25.6 Å². The van der Waals surface area contributed by atoms with Crippen LogP contribution in [0.1, 0.15) is 16.1 Å². The van der Waals surface area contributed by atoms with E-state index in [-0.39, 0.29) is 0 Å². The maximum absolute atomic E-state index is 5.66. The molecule has 0 atom stereocenters. The summed E-state index contributed by atoms with van der Waals surface area (Å²) in [6.07, 6.45) is 0.899. The summed E-state index contributed by atoms with van der Waals surface area (Å²) in [5.41, 5.74) is 3.64. The highest BCUT2D eigenvalue weighted by atomic mass is 32.1. The third kappa shape index (κ3) is 5.04. The molecule has 0 saturated carbocycles. The molecule has 5 nitrogen and oxygen atoms in total. The fourth-order valence-electron chi connectivity index (χ4n) is 3.27. The average Bonchev–Trinajstić information content (AvgIpc) is 3.31. The zero-order chi connectivity index (χ0) is 19.9. The molecule has 0 aliphatic heterocycles. The fourth-order valence-corrected chi connectivity index (χ4v) is 4.25. The first-order chi connectivity index (χ1) is 13.6. The Morgan fingerprint density at radius 1 is 1.29 bits per heavy atom. The minimum atomic E-state index is 0.633. The van der Waals surface area contributed by atoms with Crippen LogP contribution >= 0.6 is 23.6 Å². The number of hydrogen-bond donors (Lipinski definition) is 2. The number of methoxy groups -OCH3 is 2. The van der Waals surface area contributed by atoms with Gasteiger partial charge in [0.1, 0.15) is 5.75 Å². The Balaban J connectivity index is 1.76. The van der Waals surface area contributed by atoms with Crippen LogP contribution in [0.15, 0.2) is 35.7 Å². The smallest absolute Gasteiger partial charge is 0.169 e. The Labute approximate surface area is 175 Å². The van der Waals surface area contributed by atoms with Crippen LogP contribution in [0.3, 0.4) is 0 Å². The number of fused-ring (bicyclic) bond motifs is 1. The van der Waals surface area contributed by atoms with Gasteiger partial charge >= 0.3 is 0 Å². The number of rotatable bonds is 9. The predicted octanol–water partition coefficient (Wildman–Crippen LogP) is 4.11. The first kappa shape index (κ1) is 20.6. The normalized spacial score (nSPS) is 11.0. The molecule has 0 fully saturated rings. The SMILES string of the molecule is COCCNC(=S)N(CCc1c(C)[nH]c2ccc(OC)cc12)Cc1cccs1. The van der Waals surface area contributed by atoms with Crippen molar-refractivity contribution in [2.45, 2.75) is 19.9 Å². The molecule has 2 heterocycles. The Morgan fingerprint density at radius 3 is 2.86 bits per heavy atom. The first-order valence-electron chi connectivity index (χ1n) is 9.31. The number of H-pyrrole nitrogens is 1. The number of aromatic amines is 1. The third-order valence-corrected chi connectivity index (χ3v) is 6.02. The van der Waals surface area contributed by atoms with E-state index in [4.69, 9.17) is 21.7 Å². The van der Waals surface area contributed by atoms with Crippen LogP contribution in [0, 0.1) is 6.92 Å². The average molecular weight is 418 g/mol. The van der Waals surface area contributed by atoms with Gasteiger partial charge in [0.2, 0.25) is 0 Å². The maximum Gasteiger partial charge on any atom is 0.169 e. The summed E-state index contributed by atoms with van der Waals surface area (Å²) < 4.78 is 10.5. The van der Waals surface area contributed by atoms with Crippen LogP contribution < -0.4 is 10.1 Å². The molecule has 7 heteroatoms. The molecule has 0 saturated heterocycles. The summed E-state index contributed by atoms with van der Waals surface area (Å²) in [5, 5.41) is 7.39. The van der Waals surface area contributed by atoms with Crippen molar-refractivity contribution < 1.29 is 9.47 Å². The second-order valence-corrected chi connectivity index (χ2v) is 8.03. The summed E-state index contributed by atoms with van der Waals surface area (Å²) in [5.74, 6) is 0.875. The van der Waals surface area contributed by atoms with E-state index < -0.39 is 0 Å². The molecular formula is C21H27N3O2S2. The van der Waals surface area contributed by atoms with Crippen LogP contribution in [0.4, 0.5) is 0 Å². The van der Waals surface area contributed by atoms with E-state index in [1.165, 1.54) is 21.5 Å². The topological polar surface area (TPSA) is 49.5 Å². The number of benzene rings is 1. The van der Waals surface area contributed by atoms with Gasteiger partial charge in [0.25, 0.3) is 0 Å². The number of thiophene rings is 1. The van der Waals surface area contributed by atoms with Crippen molar-refractivity contribution in [2.24, 2.45) is 0 Å². The molecule has 0 aliphatic rings. The summed E-state index contributed by atoms with van der Waals surface area (Å²) in [4.78, 5) is 7.01. The van der Waals surface area contributed by atoms with Crippen LogP contribution in [0.5, 0.6) is 5.75 Å². The lowest BCUT2D eigenvalue weighted by Crippen LogP contribution is -2.41. The molecule has 3 aromatic rings. The van der Waals surface area contributed by atoms with Crippen molar-refractivity contribution in [3.05, 3.63) is 51.8 Å². The quantitative estimate of drug-likeness (QED) is 0.405. The largest absolute Gasteiger partial charge is 0.497 e. The Morgan fingerprint density at radius 2 is 2.14 bits per heavy atom. The molecular weight excluding hydrogens is 390 g/mol. The van der Waals surface area contributed by atoms with Gasteiger partial charge in [-0.05, 0) is 60.8 Å². The second kappa shape index (κ2) is 9.91. The van der Waals surface area contributed by atoms with Gasteiger partial charge in [-0.15, -0.1) is 11.3 Å². The van der Waals surface area contributed by atoms with Gasteiger partial charge in [0.15, 0.2) is 5.11 Å². The van der Waals surface area contributed by atoms with Gasteiger partial charge in [0, 0.05) is 41.7 Å². The van der Waals surface area contributed by atoms with Crippen LogP contribution in [0.2, 0.25) is 0 Å². The van der Waals surface area contributed by atoms with Gasteiger partial charge in [-0.2, -0.15) is 0 Å². The van der Waals surface area contributed by atoms with Crippen molar-refractivity contribution in [3.8, 4) is 5.75 Å². The van der Waals surface area contributed by atoms with Crippen LogP contribution in [-0.2, 0) is 17.7 Å². The van der Waals surface area contributed by atoms with Gasteiger partial charge in [0.05, 0.1) is 20.3 Å². The van der Waals surface area contributed by atoms with Gasteiger partial charge < -0.3 is 24.7 Å². The fraction of sp³-hybridized carbons (Fsp3) is 0.381. The molecule has 0 aliphatic carbocycles. The highest BCUT2D eigenvalue weighted by Gasteiger charge is 2.15. The highest BCUT2D eigenvalue weighted by Crippen LogP contribution is 2.27. The molecule has 3 rings (SSSR count).